The molecular formula is C12H10BrClN4O. The van der Waals surface area contributed by atoms with Crippen LogP contribution < -0.4 is 5.32 Å². The Kier molecular flexibility index (Phi) is 3.28. The molecule has 1 fully saturated rings. The van der Waals surface area contributed by atoms with Crippen molar-refractivity contribution in [3.8, 4) is 0 Å². The van der Waals surface area contributed by atoms with Crippen LogP contribution in [0.2, 0.25) is 5.02 Å². The van der Waals surface area contributed by atoms with E-state index in [9.17, 15) is 4.79 Å². The number of hydrogen-bond acceptors (Lipinski definition) is 3. The molecule has 0 saturated heterocycles. The zero-order chi connectivity index (χ0) is 13.4. The number of carbonyl (C=O) groups excluding carboxylic acids is 1. The van der Waals surface area contributed by atoms with Gasteiger partial charge >= 0.3 is 0 Å². The number of amides is 1. The van der Waals surface area contributed by atoms with Crippen LogP contribution in [0.15, 0.2) is 22.7 Å². The van der Waals surface area contributed by atoms with Gasteiger partial charge in [0.25, 0.3) is 5.91 Å². The molecule has 19 heavy (non-hydrogen) atoms. The van der Waals surface area contributed by atoms with Crippen molar-refractivity contribution in [2.75, 3.05) is 5.32 Å². The first-order valence-corrected chi connectivity index (χ1v) is 6.99. The fourth-order valence-corrected chi connectivity index (χ4v) is 2.21. The Hall–Kier alpha value is -1.40. The Morgan fingerprint density at radius 1 is 1.47 bits per heavy atom. The second kappa shape index (κ2) is 4.94. The molecular weight excluding hydrogens is 332 g/mol. The smallest absolute Gasteiger partial charge is 0.295 e. The summed E-state index contributed by atoms with van der Waals surface area (Å²) in [5, 5.41) is 9.88. The molecule has 3 rings (SSSR count). The summed E-state index contributed by atoms with van der Waals surface area (Å²) in [7, 11) is 0. The first kappa shape index (κ1) is 12.6. The van der Waals surface area contributed by atoms with E-state index in [-0.39, 0.29) is 11.7 Å². The van der Waals surface area contributed by atoms with E-state index in [1.807, 2.05) is 0 Å². The topological polar surface area (TPSA) is 70.7 Å². The summed E-state index contributed by atoms with van der Waals surface area (Å²) in [6.07, 6.45) is 2.21. The Balaban J connectivity index is 1.77. The third-order valence-electron chi connectivity index (χ3n) is 2.85. The van der Waals surface area contributed by atoms with Crippen LogP contribution in [0.4, 0.5) is 5.69 Å². The van der Waals surface area contributed by atoms with Crippen LogP contribution in [0, 0.1) is 0 Å². The van der Waals surface area contributed by atoms with Gasteiger partial charge in [0.15, 0.2) is 0 Å². The molecule has 0 radical (unpaired) electrons. The van der Waals surface area contributed by atoms with E-state index >= 15 is 0 Å². The lowest BCUT2D eigenvalue weighted by Crippen LogP contribution is -2.14. The number of H-pyrrole nitrogens is 1. The van der Waals surface area contributed by atoms with Crippen LogP contribution in [-0.4, -0.2) is 21.1 Å². The number of nitrogens with one attached hydrogen (secondary N) is 2. The van der Waals surface area contributed by atoms with E-state index in [0.29, 0.717) is 16.6 Å². The van der Waals surface area contributed by atoms with Crippen molar-refractivity contribution >= 4 is 39.1 Å². The summed E-state index contributed by atoms with van der Waals surface area (Å²) in [5.74, 6) is 0.982. The summed E-state index contributed by atoms with van der Waals surface area (Å²) >= 11 is 9.34. The normalized spacial score (nSPS) is 14.4. The third kappa shape index (κ3) is 2.79. The van der Waals surface area contributed by atoms with Crippen molar-refractivity contribution in [3.05, 3.63) is 39.3 Å². The first-order valence-electron chi connectivity index (χ1n) is 5.82. The molecule has 0 aliphatic heterocycles. The molecule has 7 heteroatoms. The predicted octanol–water partition coefficient (Wildman–Crippen LogP) is 3.35. The highest BCUT2D eigenvalue weighted by Gasteiger charge is 2.28. The lowest BCUT2D eigenvalue weighted by molar-refractivity contribution is 0.101. The number of anilines is 1. The molecule has 5 nitrogen and oxygen atoms in total. The number of aromatic amines is 1. The SMILES string of the molecule is O=C(Nc1cc(Br)ccc1Cl)c1n[nH]c(C2CC2)n1. The van der Waals surface area contributed by atoms with Gasteiger partial charge in [-0.1, -0.05) is 27.5 Å². The van der Waals surface area contributed by atoms with Crippen molar-refractivity contribution < 1.29 is 4.79 Å². The van der Waals surface area contributed by atoms with E-state index in [4.69, 9.17) is 11.6 Å². The fourth-order valence-electron chi connectivity index (χ4n) is 1.69. The minimum absolute atomic E-state index is 0.137. The third-order valence-corrected chi connectivity index (χ3v) is 3.67. The highest BCUT2D eigenvalue weighted by Crippen LogP contribution is 2.37. The van der Waals surface area contributed by atoms with Gasteiger partial charge in [-0.05, 0) is 31.0 Å². The Morgan fingerprint density at radius 2 is 2.26 bits per heavy atom. The predicted molar refractivity (Wildman–Crippen MR) is 75.5 cm³/mol. The highest BCUT2D eigenvalue weighted by molar-refractivity contribution is 9.10. The van der Waals surface area contributed by atoms with Gasteiger partial charge < -0.3 is 5.32 Å². The molecule has 1 aromatic heterocycles. The molecule has 98 valence electrons. The first-order chi connectivity index (χ1) is 9.13. The molecule has 2 aromatic rings. The zero-order valence-corrected chi connectivity index (χ0v) is 12.1. The minimum Gasteiger partial charge on any atom is -0.318 e. The summed E-state index contributed by atoms with van der Waals surface area (Å²) in [6, 6.07) is 5.24. The summed E-state index contributed by atoms with van der Waals surface area (Å²) < 4.78 is 0.834. The van der Waals surface area contributed by atoms with Crippen LogP contribution in [0.25, 0.3) is 0 Å². The minimum atomic E-state index is -0.372. The van der Waals surface area contributed by atoms with Crippen LogP contribution in [0.3, 0.4) is 0 Å². The van der Waals surface area contributed by atoms with Gasteiger partial charge in [-0.3, -0.25) is 9.89 Å². The van der Waals surface area contributed by atoms with Crippen molar-refractivity contribution in [2.45, 2.75) is 18.8 Å². The van der Waals surface area contributed by atoms with Crippen molar-refractivity contribution in [1.82, 2.24) is 15.2 Å². The molecule has 1 heterocycles. The molecule has 1 amide bonds. The van der Waals surface area contributed by atoms with Gasteiger partial charge in [-0.2, -0.15) is 0 Å². The molecule has 0 unspecified atom stereocenters. The standard InChI is InChI=1S/C12H10BrClN4O/c13-7-3-4-8(14)9(5-7)15-12(19)11-16-10(17-18-11)6-1-2-6/h3-6H,1-2H2,(H,15,19)(H,16,17,18). The molecule has 1 aliphatic carbocycles. The Bertz CT molecular complexity index is 638. The number of aromatic nitrogens is 3. The van der Waals surface area contributed by atoms with Gasteiger partial charge in [0, 0.05) is 10.4 Å². The number of nitrogens with zero attached hydrogens (tertiary/aromatic N) is 2. The van der Waals surface area contributed by atoms with Gasteiger partial charge in [0.05, 0.1) is 10.7 Å². The summed E-state index contributed by atoms with van der Waals surface area (Å²) in [6.45, 7) is 0. The maximum absolute atomic E-state index is 12.0. The lowest BCUT2D eigenvalue weighted by Gasteiger charge is -2.05. The number of benzene rings is 1. The van der Waals surface area contributed by atoms with Crippen LogP contribution in [0.1, 0.15) is 35.2 Å². The molecule has 1 aliphatic rings. The number of hydrogen-bond donors (Lipinski definition) is 2. The number of rotatable bonds is 3. The molecule has 2 N–H and O–H groups in total. The van der Waals surface area contributed by atoms with Gasteiger partial charge in [-0.15, -0.1) is 5.10 Å². The summed E-state index contributed by atoms with van der Waals surface area (Å²) in [5.41, 5.74) is 0.527. The molecule has 0 atom stereocenters. The zero-order valence-electron chi connectivity index (χ0n) is 9.78. The fraction of sp³-hybridized carbons (Fsp3) is 0.250. The quantitative estimate of drug-likeness (QED) is 0.899. The maximum Gasteiger partial charge on any atom is 0.295 e. The van der Waals surface area contributed by atoms with Crippen LogP contribution in [-0.2, 0) is 0 Å². The average molecular weight is 342 g/mol. The van der Waals surface area contributed by atoms with Crippen molar-refractivity contribution in [1.29, 1.82) is 0 Å². The maximum atomic E-state index is 12.0. The van der Waals surface area contributed by atoms with E-state index in [1.54, 1.807) is 18.2 Å². The van der Waals surface area contributed by atoms with Crippen LogP contribution >= 0.6 is 27.5 Å². The van der Waals surface area contributed by atoms with Crippen molar-refractivity contribution in [3.63, 3.8) is 0 Å². The second-order valence-corrected chi connectivity index (χ2v) is 5.72. The molecule has 1 saturated carbocycles. The molecule has 0 spiro atoms. The largest absolute Gasteiger partial charge is 0.318 e. The Morgan fingerprint density at radius 3 is 3.00 bits per heavy atom. The molecule has 1 aromatic carbocycles. The lowest BCUT2D eigenvalue weighted by atomic mass is 10.3. The second-order valence-electron chi connectivity index (χ2n) is 4.40. The highest BCUT2D eigenvalue weighted by atomic mass is 79.9. The van der Waals surface area contributed by atoms with Crippen molar-refractivity contribution in [2.24, 2.45) is 0 Å². The van der Waals surface area contributed by atoms with Gasteiger partial charge in [-0.25, -0.2) is 4.98 Å². The van der Waals surface area contributed by atoms with Crippen LogP contribution in [0.5, 0.6) is 0 Å². The average Bonchev–Trinajstić information content (AvgIpc) is 3.11. The van der Waals surface area contributed by atoms with E-state index in [1.165, 1.54) is 0 Å². The van der Waals surface area contributed by atoms with Gasteiger partial charge in [0.1, 0.15) is 5.82 Å². The van der Waals surface area contributed by atoms with E-state index < -0.39 is 0 Å². The van der Waals surface area contributed by atoms with Gasteiger partial charge in [0.2, 0.25) is 5.82 Å². The number of halogens is 2. The molecule has 0 bridgehead atoms. The Labute approximate surface area is 122 Å². The van der Waals surface area contributed by atoms with E-state index in [0.717, 1.165) is 23.1 Å². The summed E-state index contributed by atoms with van der Waals surface area (Å²) in [4.78, 5) is 16.2. The van der Waals surface area contributed by atoms with E-state index in [2.05, 4.69) is 36.4 Å². The monoisotopic (exact) mass is 340 g/mol. The number of carbonyl (C=O) groups is 1.